The lowest BCUT2D eigenvalue weighted by atomic mass is 9.98. The van der Waals surface area contributed by atoms with Crippen LogP contribution >= 0.6 is 35.4 Å². The van der Waals surface area contributed by atoms with Gasteiger partial charge in [-0.05, 0) is 36.0 Å². The summed E-state index contributed by atoms with van der Waals surface area (Å²) in [7, 11) is 0. The van der Waals surface area contributed by atoms with Crippen LogP contribution in [0.4, 0.5) is 0 Å². The van der Waals surface area contributed by atoms with Gasteiger partial charge in [0.2, 0.25) is 0 Å². The number of thiocarbonyl (C=S) groups is 1. The Morgan fingerprint density at radius 3 is 2.45 bits per heavy atom. The molecule has 0 bridgehead atoms. The van der Waals surface area contributed by atoms with E-state index in [0.29, 0.717) is 16.5 Å². The van der Waals surface area contributed by atoms with Crippen molar-refractivity contribution in [1.82, 2.24) is 5.01 Å². The minimum Gasteiger partial charge on any atom is -0.375 e. The van der Waals surface area contributed by atoms with Gasteiger partial charge in [-0.15, -0.1) is 0 Å². The molecule has 1 unspecified atom stereocenters. The molecule has 2 aromatic rings. The number of hydrogen-bond donors (Lipinski definition) is 1. The molecule has 3 rings (SSSR count). The maximum absolute atomic E-state index is 6.27. The highest BCUT2D eigenvalue weighted by Gasteiger charge is 2.31. The van der Waals surface area contributed by atoms with Crippen LogP contribution in [-0.4, -0.2) is 15.8 Å². The van der Waals surface area contributed by atoms with Crippen LogP contribution in [0, 0.1) is 0 Å². The van der Waals surface area contributed by atoms with Crippen LogP contribution in [0.2, 0.25) is 10.0 Å². The van der Waals surface area contributed by atoms with E-state index in [0.717, 1.165) is 16.8 Å². The molecule has 112 valence electrons. The van der Waals surface area contributed by atoms with Crippen LogP contribution in [0.1, 0.15) is 23.6 Å². The predicted octanol–water partition coefficient (Wildman–Crippen LogP) is 4.39. The third-order valence-electron chi connectivity index (χ3n) is 3.58. The molecule has 0 spiro atoms. The maximum atomic E-state index is 6.27. The minimum atomic E-state index is -0.0407. The van der Waals surface area contributed by atoms with Gasteiger partial charge < -0.3 is 5.73 Å². The van der Waals surface area contributed by atoms with Crippen molar-refractivity contribution in [2.24, 2.45) is 10.8 Å². The monoisotopic (exact) mass is 349 g/mol. The maximum Gasteiger partial charge on any atom is 0.187 e. The summed E-state index contributed by atoms with van der Waals surface area (Å²) in [6, 6.07) is 15.2. The van der Waals surface area contributed by atoms with E-state index in [4.69, 9.17) is 41.2 Å². The fourth-order valence-corrected chi connectivity index (χ4v) is 3.05. The van der Waals surface area contributed by atoms with Gasteiger partial charge in [0.1, 0.15) is 0 Å². The van der Waals surface area contributed by atoms with Crippen molar-refractivity contribution in [2.75, 3.05) is 0 Å². The van der Waals surface area contributed by atoms with Gasteiger partial charge in [-0.25, -0.2) is 5.01 Å². The molecular formula is C16H13Cl2N3S. The van der Waals surface area contributed by atoms with Gasteiger partial charge in [-0.1, -0.05) is 53.5 Å². The van der Waals surface area contributed by atoms with Crippen molar-refractivity contribution in [1.29, 1.82) is 0 Å². The number of nitrogens with two attached hydrogens (primary N) is 1. The molecule has 0 amide bonds. The van der Waals surface area contributed by atoms with Crippen LogP contribution in [0.3, 0.4) is 0 Å². The first-order valence-electron chi connectivity index (χ1n) is 6.73. The molecule has 0 saturated carbocycles. The molecule has 0 aromatic heterocycles. The lowest BCUT2D eigenvalue weighted by Crippen LogP contribution is -2.31. The normalized spacial score (nSPS) is 17.5. The second-order valence-electron chi connectivity index (χ2n) is 4.98. The second-order valence-corrected chi connectivity index (χ2v) is 6.24. The largest absolute Gasteiger partial charge is 0.375 e. The topological polar surface area (TPSA) is 41.6 Å². The molecule has 0 fully saturated rings. The lowest BCUT2D eigenvalue weighted by molar-refractivity contribution is 0.373. The van der Waals surface area contributed by atoms with E-state index >= 15 is 0 Å². The van der Waals surface area contributed by atoms with Crippen LogP contribution < -0.4 is 5.73 Å². The Morgan fingerprint density at radius 1 is 1.14 bits per heavy atom. The first-order valence-corrected chi connectivity index (χ1v) is 7.89. The van der Waals surface area contributed by atoms with Crippen molar-refractivity contribution in [3.05, 3.63) is 69.7 Å². The fourth-order valence-electron chi connectivity index (χ4n) is 2.52. The van der Waals surface area contributed by atoms with E-state index in [1.807, 2.05) is 48.5 Å². The fraction of sp³-hybridized carbons (Fsp3) is 0.125. The summed E-state index contributed by atoms with van der Waals surface area (Å²) in [6.45, 7) is 0. The molecule has 2 aromatic carbocycles. The van der Waals surface area contributed by atoms with Crippen molar-refractivity contribution in [3.63, 3.8) is 0 Å². The number of halogens is 2. The van der Waals surface area contributed by atoms with E-state index < -0.39 is 0 Å². The molecule has 1 aliphatic heterocycles. The van der Waals surface area contributed by atoms with Gasteiger partial charge in [-0.2, -0.15) is 5.10 Å². The van der Waals surface area contributed by atoms with Crippen molar-refractivity contribution in [3.8, 4) is 0 Å². The summed E-state index contributed by atoms with van der Waals surface area (Å²) < 4.78 is 0. The first kappa shape index (κ1) is 15.3. The van der Waals surface area contributed by atoms with Crippen LogP contribution in [0.25, 0.3) is 0 Å². The quantitative estimate of drug-likeness (QED) is 0.817. The number of benzene rings is 2. The van der Waals surface area contributed by atoms with Gasteiger partial charge in [-0.3, -0.25) is 0 Å². The summed E-state index contributed by atoms with van der Waals surface area (Å²) >= 11 is 17.3. The first-order chi connectivity index (χ1) is 10.6. The molecule has 3 nitrogen and oxygen atoms in total. The molecule has 1 atom stereocenters. The highest BCUT2D eigenvalue weighted by molar-refractivity contribution is 7.80. The van der Waals surface area contributed by atoms with Crippen molar-refractivity contribution in [2.45, 2.75) is 12.5 Å². The van der Waals surface area contributed by atoms with Gasteiger partial charge in [0.25, 0.3) is 0 Å². The average Bonchev–Trinajstić information content (AvgIpc) is 2.93. The average molecular weight is 350 g/mol. The Kier molecular flexibility index (Phi) is 4.34. The van der Waals surface area contributed by atoms with Crippen molar-refractivity contribution < 1.29 is 0 Å². The van der Waals surface area contributed by atoms with Crippen LogP contribution in [-0.2, 0) is 0 Å². The molecular weight excluding hydrogens is 337 g/mol. The summed E-state index contributed by atoms with van der Waals surface area (Å²) in [5.41, 5.74) is 8.66. The molecule has 1 aliphatic rings. The zero-order valence-corrected chi connectivity index (χ0v) is 13.9. The van der Waals surface area contributed by atoms with E-state index in [1.54, 1.807) is 5.01 Å². The third-order valence-corrected chi connectivity index (χ3v) is 4.34. The second kappa shape index (κ2) is 6.24. The van der Waals surface area contributed by atoms with Crippen LogP contribution in [0.5, 0.6) is 0 Å². The summed E-state index contributed by atoms with van der Waals surface area (Å²) in [4.78, 5) is 0. The molecule has 0 saturated heterocycles. The number of hydrazone groups is 1. The summed E-state index contributed by atoms with van der Waals surface area (Å²) in [5.74, 6) is 0. The molecule has 6 heteroatoms. The van der Waals surface area contributed by atoms with Crippen molar-refractivity contribution >= 4 is 46.2 Å². The molecule has 2 N–H and O–H groups in total. The zero-order chi connectivity index (χ0) is 15.7. The standard InChI is InChI=1S/C16H13Cl2N3S/c17-11-7-5-10(6-8-11)15-9-14(20-21(15)16(19)22)12-3-1-2-4-13(12)18/h1-8,15H,9H2,(H2,19,22). The van der Waals surface area contributed by atoms with Gasteiger partial charge in [0, 0.05) is 22.0 Å². The highest BCUT2D eigenvalue weighted by atomic mass is 35.5. The Balaban J connectivity index is 1.96. The highest BCUT2D eigenvalue weighted by Crippen LogP contribution is 2.34. The predicted molar refractivity (Wildman–Crippen MR) is 95.4 cm³/mol. The lowest BCUT2D eigenvalue weighted by Gasteiger charge is -2.21. The number of rotatable bonds is 2. The molecule has 0 radical (unpaired) electrons. The Labute approximate surface area is 144 Å². The van der Waals surface area contributed by atoms with E-state index in [1.165, 1.54) is 0 Å². The summed E-state index contributed by atoms with van der Waals surface area (Å²) in [6.07, 6.45) is 0.683. The zero-order valence-electron chi connectivity index (χ0n) is 11.5. The third kappa shape index (κ3) is 2.95. The molecule has 1 heterocycles. The van der Waals surface area contributed by atoms with Gasteiger partial charge in [0.15, 0.2) is 5.11 Å². The SMILES string of the molecule is NC(=S)N1N=C(c2ccccc2Cl)CC1c1ccc(Cl)cc1. The van der Waals surface area contributed by atoms with E-state index in [-0.39, 0.29) is 11.2 Å². The molecule has 0 aliphatic carbocycles. The van der Waals surface area contributed by atoms with E-state index in [2.05, 4.69) is 5.10 Å². The smallest absolute Gasteiger partial charge is 0.187 e. The Hall–Kier alpha value is -1.62. The molecule has 22 heavy (non-hydrogen) atoms. The number of hydrogen-bond acceptors (Lipinski definition) is 2. The van der Waals surface area contributed by atoms with Gasteiger partial charge in [0.05, 0.1) is 11.8 Å². The Morgan fingerprint density at radius 2 is 1.82 bits per heavy atom. The Bertz CT molecular complexity index is 743. The van der Waals surface area contributed by atoms with Crippen LogP contribution in [0.15, 0.2) is 53.6 Å². The number of nitrogens with zero attached hydrogens (tertiary/aromatic N) is 2. The minimum absolute atomic E-state index is 0.0407. The van der Waals surface area contributed by atoms with E-state index in [9.17, 15) is 0 Å². The van der Waals surface area contributed by atoms with Gasteiger partial charge >= 0.3 is 0 Å². The summed E-state index contributed by atoms with van der Waals surface area (Å²) in [5, 5.41) is 7.83.